The van der Waals surface area contributed by atoms with Gasteiger partial charge in [-0.25, -0.2) is 0 Å². The molecule has 2 rings (SSSR count). The van der Waals surface area contributed by atoms with Gasteiger partial charge in [-0.15, -0.1) is 0 Å². The van der Waals surface area contributed by atoms with Gasteiger partial charge >= 0.3 is 5.97 Å². The van der Waals surface area contributed by atoms with Crippen LogP contribution in [-0.4, -0.2) is 17.9 Å². The Balaban J connectivity index is 1.83. The Morgan fingerprint density at radius 2 is 2.31 bits per heavy atom. The highest BCUT2D eigenvalue weighted by Crippen LogP contribution is 2.52. The van der Waals surface area contributed by atoms with Crippen LogP contribution in [0.25, 0.3) is 0 Å². The van der Waals surface area contributed by atoms with E-state index in [0.29, 0.717) is 18.4 Å². The van der Waals surface area contributed by atoms with Crippen LogP contribution in [0.3, 0.4) is 0 Å². The van der Waals surface area contributed by atoms with Gasteiger partial charge in [-0.2, -0.15) is 0 Å². The standard InChI is InChI=1S/C13H19BrO2/c1-13(9-10-4-5-11(13)8-10)12(15)16-7-3-2-6-14/h4-5,10-11H,2-3,6-9H2,1H3/t10-,11-,13-/m0/s1. The average Bonchev–Trinajstić information content (AvgIpc) is 2.84. The van der Waals surface area contributed by atoms with E-state index in [4.69, 9.17) is 4.74 Å². The molecule has 1 saturated carbocycles. The number of fused-ring (bicyclic) bond motifs is 2. The van der Waals surface area contributed by atoms with Gasteiger partial charge in [-0.3, -0.25) is 4.79 Å². The van der Waals surface area contributed by atoms with Gasteiger partial charge in [0, 0.05) is 5.33 Å². The molecule has 2 bridgehead atoms. The number of carbonyl (C=O) groups excluding carboxylic acids is 1. The monoisotopic (exact) mass is 286 g/mol. The third-order valence-corrected chi connectivity index (χ3v) is 4.47. The van der Waals surface area contributed by atoms with Crippen LogP contribution in [0.2, 0.25) is 0 Å². The van der Waals surface area contributed by atoms with Crippen molar-refractivity contribution in [3.63, 3.8) is 0 Å². The summed E-state index contributed by atoms with van der Waals surface area (Å²) in [6, 6.07) is 0. The van der Waals surface area contributed by atoms with Crippen LogP contribution >= 0.6 is 15.9 Å². The molecule has 2 aliphatic rings. The van der Waals surface area contributed by atoms with Gasteiger partial charge < -0.3 is 4.74 Å². The van der Waals surface area contributed by atoms with Gasteiger partial charge in [0.05, 0.1) is 12.0 Å². The third-order valence-electron chi connectivity index (χ3n) is 3.90. The predicted molar refractivity (Wildman–Crippen MR) is 67.4 cm³/mol. The lowest BCUT2D eigenvalue weighted by Gasteiger charge is -2.28. The van der Waals surface area contributed by atoms with Crippen molar-refractivity contribution in [3.8, 4) is 0 Å². The first-order valence-corrected chi connectivity index (χ1v) is 7.20. The average molecular weight is 287 g/mol. The fourth-order valence-corrected chi connectivity index (χ4v) is 3.25. The molecule has 3 heteroatoms. The molecule has 90 valence electrons. The van der Waals surface area contributed by atoms with Crippen molar-refractivity contribution in [3.05, 3.63) is 12.2 Å². The Bertz CT molecular complexity index is 300. The van der Waals surface area contributed by atoms with E-state index in [0.717, 1.165) is 31.0 Å². The number of hydrogen-bond acceptors (Lipinski definition) is 2. The fraction of sp³-hybridized carbons (Fsp3) is 0.769. The molecule has 3 atom stereocenters. The Hall–Kier alpha value is -0.310. The quantitative estimate of drug-likeness (QED) is 0.335. The van der Waals surface area contributed by atoms with Crippen molar-refractivity contribution in [2.45, 2.75) is 32.6 Å². The molecule has 1 fully saturated rings. The number of carbonyl (C=O) groups is 1. The number of allylic oxidation sites excluding steroid dienone is 2. The summed E-state index contributed by atoms with van der Waals surface area (Å²) in [5, 5.41) is 0.981. The van der Waals surface area contributed by atoms with Crippen LogP contribution in [0.1, 0.15) is 32.6 Å². The van der Waals surface area contributed by atoms with E-state index < -0.39 is 0 Å². The Kier molecular flexibility index (Phi) is 3.73. The van der Waals surface area contributed by atoms with Crippen LogP contribution in [0.15, 0.2) is 12.2 Å². The van der Waals surface area contributed by atoms with Gasteiger partial charge in [-0.1, -0.05) is 28.1 Å². The van der Waals surface area contributed by atoms with Crippen LogP contribution in [0.5, 0.6) is 0 Å². The smallest absolute Gasteiger partial charge is 0.312 e. The second-order valence-electron chi connectivity index (χ2n) is 5.14. The van der Waals surface area contributed by atoms with E-state index in [2.05, 4.69) is 35.0 Å². The lowest BCUT2D eigenvalue weighted by Crippen LogP contribution is -2.34. The second-order valence-corrected chi connectivity index (χ2v) is 5.93. The highest BCUT2D eigenvalue weighted by atomic mass is 79.9. The number of alkyl halides is 1. The van der Waals surface area contributed by atoms with Gasteiger partial charge in [0.25, 0.3) is 0 Å². The van der Waals surface area contributed by atoms with E-state index in [1.165, 1.54) is 0 Å². The Morgan fingerprint density at radius 1 is 1.50 bits per heavy atom. The molecular formula is C13H19BrO2. The summed E-state index contributed by atoms with van der Waals surface area (Å²) < 4.78 is 5.39. The molecule has 0 N–H and O–H groups in total. The number of esters is 1. The van der Waals surface area contributed by atoms with Crippen molar-refractivity contribution in [1.29, 1.82) is 0 Å². The van der Waals surface area contributed by atoms with E-state index >= 15 is 0 Å². The van der Waals surface area contributed by atoms with Gasteiger partial charge in [-0.05, 0) is 44.4 Å². The van der Waals surface area contributed by atoms with Crippen LogP contribution in [0, 0.1) is 17.3 Å². The molecular weight excluding hydrogens is 268 g/mol. The Labute approximate surface area is 106 Å². The van der Waals surface area contributed by atoms with Gasteiger partial charge in [0.15, 0.2) is 0 Å². The largest absolute Gasteiger partial charge is 0.465 e. The van der Waals surface area contributed by atoms with E-state index in [-0.39, 0.29) is 11.4 Å². The minimum absolute atomic E-state index is 0.0129. The fourth-order valence-electron chi connectivity index (χ4n) is 2.86. The molecule has 0 aromatic rings. The first-order chi connectivity index (χ1) is 7.66. The first kappa shape index (κ1) is 12.2. The number of hydrogen-bond donors (Lipinski definition) is 0. The molecule has 0 aliphatic heterocycles. The Morgan fingerprint density at radius 3 is 2.88 bits per heavy atom. The molecule has 0 unspecified atom stereocenters. The number of unbranched alkanes of at least 4 members (excludes halogenated alkanes) is 1. The highest BCUT2D eigenvalue weighted by molar-refractivity contribution is 9.09. The number of rotatable bonds is 5. The maximum Gasteiger partial charge on any atom is 0.312 e. The molecule has 0 amide bonds. The summed E-state index contributed by atoms with van der Waals surface area (Å²) in [4.78, 5) is 12.1. The van der Waals surface area contributed by atoms with Crippen molar-refractivity contribution < 1.29 is 9.53 Å². The zero-order chi connectivity index (χ0) is 11.6. The molecule has 0 heterocycles. The summed E-state index contributed by atoms with van der Waals surface area (Å²) in [7, 11) is 0. The maximum absolute atomic E-state index is 12.1. The van der Waals surface area contributed by atoms with E-state index in [1.807, 2.05) is 0 Å². The molecule has 0 radical (unpaired) electrons. The van der Waals surface area contributed by atoms with E-state index in [9.17, 15) is 4.79 Å². The summed E-state index contributed by atoms with van der Waals surface area (Å²) in [5.74, 6) is 1.05. The predicted octanol–water partition coefficient (Wildman–Crippen LogP) is 3.31. The number of ether oxygens (including phenoxy) is 1. The maximum atomic E-state index is 12.1. The zero-order valence-electron chi connectivity index (χ0n) is 9.75. The SMILES string of the molecule is C[C@]1(C(=O)OCCCCBr)C[C@H]2C=C[C@H]1C2. The minimum atomic E-state index is -0.242. The van der Waals surface area contributed by atoms with Crippen LogP contribution < -0.4 is 0 Å². The molecule has 0 aromatic carbocycles. The molecule has 2 aliphatic carbocycles. The van der Waals surface area contributed by atoms with E-state index in [1.54, 1.807) is 0 Å². The van der Waals surface area contributed by atoms with Crippen molar-refractivity contribution in [1.82, 2.24) is 0 Å². The first-order valence-electron chi connectivity index (χ1n) is 6.08. The molecule has 0 spiro atoms. The van der Waals surface area contributed by atoms with Crippen LogP contribution in [0.4, 0.5) is 0 Å². The lowest BCUT2D eigenvalue weighted by atomic mass is 9.78. The topological polar surface area (TPSA) is 26.3 Å². The van der Waals surface area contributed by atoms with Crippen molar-refractivity contribution in [2.75, 3.05) is 11.9 Å². The third kappa shape index (κ3) is 2.20. The van der Waals surface area contributed by atoms with Crippen molar-refractivity contribution >= 4 is 21.9 Å². The van der Waals surface area contributed by atoms with Gasteiger partial charge in [0.2, 0.25) is 0 Å². The normalized spacial score (nSPS) is 35.6. The van der Waals surface area contributed by atoms with Crippen molar-refractivity contribution in [2.24, 2.45) is 17.3 Å². The molecule has 0 saturated heterocycles. The second kappa shape index (κ2) is 4.91. The molecule has 16 heavy (non-hydrogen) atoms. The number of halogens is 1. The van der Waals surface area contributed by atoms with Crippen LogP contribution in [-0.2, 0) is 9.53 Å². The lowest BCUT2D eigenvalue weighted by molar-refractivity contribution is -0.156. The highest BCUT2D eigenvalue weighted by Gasteiger charge is 2.50. The zero-order valence-corrected chi connectivity index (χ0v) is 11.3. The summed E-state index contributed by atoms with van der Waals surface area (Å²) in [6.07, 6.45) is 8.60. The molecule has 2 nitrogen and oxygen atoms in total. The van der Waals surface area contributed by atoms with Gasteiger partial charge in [0.1, 0.15) is 0 Å². The molecule has 0 aromatic heterocycles. The summed E-state index contributed by atoms with van der Waals surface area (Å²) in [6.45, 7) is 2.63. The minimum Gasteiger partial charge on any atom is -0.465 e. The summed E-state index contributed by atoms with van der Waals surface area (Å²) >= 11 is 3.37. The summed E-state index contributed by atoms with van der Waals surface area (Å²) in [5.41, 5.74) is -0.242.